The molecule has 37 heavy (non-hydrogen) atoms. The molecule has 2 nitrogen and oxygen atoms in total. The largest absolute Gasteiger partial charge is 0.494 e. The van der Waals surface area contributed by atoms with Crippen molar-refractivity contribution in [1.29, 1.82) is 0 Å². The molecule has 2 aromatic rings. The molecule has 3 rings (SSSR count). The lowest BCUT2D eigenvalue weighted by molar-refractivity contribution is 0.122. The van der Waals surface area contributed by atoms with Gasteiger partial charge >= 0.3 is 0 Å². The molecule has 0 aliphatic heterocycles. The fourth-order valence-electron chi connectivity index (χ4n) is 4.11. The van der Waals surface area contributed by atoms with Crippen LogP contribution in [0.15, 0.2) is 85.2 Å². The van der Waals surface area contributed by atoms with Crippen LogP contribution in [0.5, 0.6) is 0 Å². The van der Waals surface area contributed by atoms with E-state index in [-0.39, 0.29) is 29.6 Å². The number of aliphatic hydroxyl groups is 1. The molecule has 1 N–H and O–H groups in total. The van der Waals surface area contributed by atoms with Gasteiger partial charge in [0.2, 0.25) is 0 Å². The molecule has 0 heterocycles. The van der Waals surface area contributed by atoms with Crippen molar-refractivity contribution >= 4 is 0 Å². The third-order valence-corrected chi connectivity index (χ3v) is 6.51. The zero-order valence-electron chi connectivity index (χ0n) is 21.6. The molecule has 6 heteroatoms. The quantitative estimate of drug-likeness (QED) is 0.156. The molecule has 0 amide bonds. The number of rotatable bonds is 9. The molecule has 0 aromatic heterocycles. The number of hydrogen-bond acceptors (Lipinski definition) is 2. The Kier molecular flexibility index (Phi) is 11.9. The number of halogens is 4. The zero-order valence-corrected chi connectivity index (χ0v) is 21.6. The molecule has 1 fully saturated rings. The average molecular weight is 517 g/mol. The van der Waals surface area contributed by atoms with Gasteiger partial charge in [-0.05, 0) is 73.1 Å². The molecule has 0 spiro atoms. The molecule has 0 unspecified atom stereocenters. The third-order valence-electron chi connectivity index (χ3n) is 6.51. The normalized spacial score (nSPS) is 17.7. The maximum absolute atomic E-state index is 14.9. The van der Waals surface area contributed by atoms with E-state index < -0.39 is 29.0 Å². The number of ether oxygens (including phenoxy) is 1. The van der Waals surface area contributed by atoms with E-state index in [1.807, 2.05) is 6.08 Å². The Morgan fingerprint density at radius 2 is 1.57 bits per heavy atom. The molecule has 1 aliphatic carbocycles. The van der Waals surface area contributed by atoms with E-state index in [4.69, 9.17) is 0 Å². The Morgan fingerprint density at radius 3 is 2.11 bits per heavy atom. The van der Waals surface area contributed by atoms with Gasteiger partial charge in [-0.1, -0.05) is 62.6 Å². The lowest BCUT2D eigenvalue weighted by Gasteiger charge is -2.26. The molecule has 0 radical (unpaired) electrons. The highest BCUT2D eigenvalue weighted by molar-refractivity contribution is 5.65. The molecule has 0 saturated heterocycles. The summed E-state index contributed by atoms with van der Waals surface area (Å²) in [6.07, 6.45) is 5.61. The van der Waals surface area contributed by atoms with Gasteiger partial charge in [-0.3, -0.25) is 0 Å². The van der Waals surface area contributed by atoms with Crippen molar-refractivity contribution < 1.29 is 27.4 Å². The maximum atomic E-state index is 14.9. The first-order chi connectivity index (χ1) is 17.6. The van der Waals surface area contributed by atoms with Crippen molar-refractivity contribution in [3.05, 3.63) is 108 Å². The zero-order chi connectivity index (χ0) is 27.5. The van der Waals surface area contributed by atoms with Gasteiger partial charge in [0.1, 0.15) is 5.76 Å². The van der Waals surface area contributed by atoms with Crippen molar-refractivity contribution in [2.24, 2.45) is 0 Å². The van der Waals surface area contributed by atoms with Gasteiger partial charge in [-0.25, -0.2) is 13.2 Å². The average Bonchev–Trinajstić information content (AvgIpc) is 2.93. The molecular formula is C31H36F4O2. The summed E-state index contributed by atoms with van der Waals surface area (Å²) in [7, 11) is 1.20. The van der Waals surface area contributed by atoms with Crippen molar-refractivity contribution in [3.63, 3.8) is 0 Å². The van der Waals surface area contributed by atoms with Gasteiger partial charge in [0.05, 0.1) is 13.2 Å². The molecule has 1 aliphatic rings. The number of benzene rings is 2. The second-order valence-corrected chi connectivity index (χ2v) is 9.09. The van der Waals surface area contributed by atoms with Crippen LogP contribution in [0.1, 0.15) is 62.5 Å². The second-order valence-electron chi connectivity index (χ2n) is 9.09. The Bertz CT molecular complexity index is 1110. The molecular weight excluding hydrogens is 480 g/mol. The minimum absolute atomic E-state index is 0.0197. The summed E-state index contributed by atoms with van der Waals surface area (Å²) in [6, 6.07) is 10.0. The van der Waals surface area contributed by atoms with Gasteiger partial charge in [0.25, 0.3) is 0 Å². The van der Waals surface area contributed by atoms with Crippen molar-refractivity contribution in [2.75, 3.05) is 7.11 Å². The summed E-state index contributed by atoms with van der Waals surface area (Å²) < 4.78 is 62.1. The summed E-state index contributed by atoms with van der Waals surface area (Å²) in [5.41, 5.74) is 1.84. The SMILES string of the molecule is C=C(CCc1ccc(-c2ccc(C3CCC(O)CC3)c(F)c2F)cc1)/C(F)=C(/F)C(=C)OC.C=CCC. The van der Waals surface area contributed by atoms with Crippen molar-refractivity contribution in [2.45, 2.75) is 63.9 Å². The standard InChI is InChI=1S/C27H28F4O2.C4H8/c1-16(24(28)25(29)17(2)33-3)4-5-18-6-8-19(9-7-18)22-14-15-23(27(31)26(22)30)20-10-12-21(32)13-11-20;1-3-4-2/h6-9,14-15,20-21,32H,1-2,4-5,10-13H2,3H3;3H,1,4H2,2H3/b25-24-;. The number of aliphatic hydroxyl groups excluding tert-OH is 1. The van der Waals surface area contributed by atoms with Crippen LogP contribution in [-0.2, 0) is 11.2 Å². The monoisotopic (exact) mass is 516 g/mol. The summed E-state index contributed by atoms with van der Waals surface area (Å²) in [5, 5.41) is 9.65. The summed E-state index contributed by atoms with van der Waals surface area (Å²) in [6.45, 7) is 12.4. The van der Waals surface area contributed by atoms with Crippen LogP contribution in [0.4, 0.5) is 17.6 Å². The molecule has 1 saturated carbocycles. The highest BCUT2D eigenvalue weighted by Crippen LogP contribution is 2.37. The van der Waals surface area contributed by atoms with Gasteiger partial charge in [-0.2, -0.15) is 4.39 Å². The Hall–Kier alpha value is -3.12. The molecule has 0 bridgehead atoms. The van der Waals surface area contributed by atoms with E-state index in [0.29, 0.717) is 43.2 Å². The van der Waals surface area contributed by atoms with Gasteiger partial charge < -0.3 is 9.84 Å². The van der Waals surface area contributed by atoms with Crippen LogP contribution >= 0.6 is 0 Å². The molecule has 200 valence electrons. The summed E-state index contributed by atoms with van der Waals surface area (Å²) in [4.78, 5) is 0. The van der Waals surface area contributed by atoms with Gasteiger partial charge in [0, 0.05) is 5.56 Å². The van der Waals surface area contributed by atoms with Gasteiger partial charge in [0.15, 0.2) is 23.3 Å². The predicted octanol–water partition coefficient (Wildman–Crippen LogP) is 9.03. The van der Waals surface area contributed by atoms with Crippen molar-refractivity contribution in [3.8, 4) is 11.1 Å². The highest BCUT2D eigenvalue weighted by Gasteiger charge is 2.25. The van der Waals surface area contributed by atoms with Crippen molar-refractivity contribution in [1.82, 2.24) is 0 Å². The predicted molar refractivity (Wildman–Crippen MR) is 142 cm³/mol. The minimum atomic E-state index is -1.18. The van der Waals surface area contributed by atoms with Crippen LogP contribution in [-0.4, -0.2) is 18.3 Å². The molecule has 0 atom stereocenters. The smallest absolute Gasteiger partial charge is 0.200 e. The van der Waals surface area contributed by atoms with Gasteiger partial charge in [-0.15, -0.1) is 6.58 Å². The number of methoxy groups -OCH3 is 1. The highest BCUT2D eigenvalue weighted by atomic mass is 19.2. The molecule has 2 aromatic carbocycles. The Labute approximate surface area is 217 Å². The van der Waals surface area contributed by atoms with E-state index in [0.717, 1.165) is 12.0 Å². The lowest BCUT2D eigenvalue weighted by Crippen LogP contribution is -2.18. The number of aryl methyl sites for hydroxylation is 1. The summed E-state index contributed by atoms with van der Waals surface area (Å²) in [5.74, 6) is -4.49. The Morgan fingerprint density at radius 1 is 0.973 bits per heavy atom. The first-order valence-corrected chi connectivity index (χ1v) is 12.5. The number of allylic oxidation sites excluding steroid dienone is 4. The van der Waals surface area contributed by atoms with Crippen LogP contribution in [0.25, 0.3) is 11.1 Å². The lowest BCUT2D eigenvalue weighted by atomic mass is 9.82. The van der Waals surface area contributed by atoms with E-state index in [1.54, 1.807) is 36.4 Å². The van der Waals surface area contributed by atoms with Crippen LogP contribution in [0.3, 0.4) is 0 Å². The Balaban J connectivity index is 0.00000112. The first kappa shape index (κ1) is 30.1. The second kappa shape index (κ2) is 14.6. The summed E-state index contributed by atoms with van der Waals surface area (Å²) >= 11 is 0. The fourth-order valence-corrected chi connectivity index (χ4v) is 4.11. The van der Waals surface area contributed by atoms with Crippen LogP contribution < -0.4 is 0 Å². The fraction of sp³-hybridized carbons (Fsp3) is 0.355. The first-order valence-electron chi connectivity index (χ1n) is 12.5. The van der Waals surface area contributed by atoms with E-state index >= 15 is 0 Å². The minimum Gasteiger partial charge on any atom is -0.494 e. The van der Waals surface area contributed by atoms with E-state index in [9.17, 15) is 22.7 Å². The van der Waals surface area contributed by atoms with E-state index in [1.165, 1.54) is 7.11 Å². The van der Waals surface area contributed by atoms with E-state index in [2.05, 4.69) is 31.4 Å². The van der Waals surface area contributed by atoms with Crippen LogP contribution in [0.2, 0.25) is 0 Å². The number of hydrogen-bond donors (Lipinski definition) is 1. The third kappa shape index (κ3) is 8.19. The topological polar surface area (TPSA) is 29.5 Å². The maximum Gasteiger partial charge on any atom is 0.200 e. The van der Waals surface area contributed by atoms with Crippen LogP contribution in [0, 0.1) is 11.6 Å².